The molecule has 0 bridgehead atoms. The number of nitriles is 1. The lowest BCUT2D eigenvalue weighted by atomic mass is 9.94. The van der Waals surface area contributed by atoms with Crippen molar-refractivity contribution in [1.82, 2.24) is 20.1 Å². The predicted octanol–water partition coefficient (Wildman–Crippen LogP) is 3.26. The van der Waals surface area contributed by atoms with Gasteiger partial charge in [-0.3, -0.25) is 14.9 Å². The van der Waals surface area contributed by atoms with Crippen molar-refractivity contribution in [2.24, 2.45) is 5.92 Å². The Balaban J connectivity index is 1.57. The minimum absolute atomic E-state index is 0.0200. The number of pyridine rings is 1. The monoisotopic (exact) mass is 463 g/mol. The molecule has 0 aliphatic carbocycles. The van der Waals surface area contributed by atoms with Crippen molar-refractivity contribution < 1.29 is 9.59 Å². The summed E-state index contributed by atoms with van der Waals surface area (Å²) in [4.78, 5) is 34.7. The van der Waals surface area contributed by atoms with Crippen molar-refractivity contribution in [1.29, 1.82) is 5.26 Å². The van der Waals surface area contributed by atoms with Crippen LogP contribution in [0.5, 0.6) is 0 Å². The van der Waals surface area contributed by atoms with Gasteiger partial charge in [0.25, 0.3) is 5.91 Å². The van der Waals surface area contributed by atoms with Crippen LogP contribution in [0.3, 0.4) is 0 Å². The van der Waals surface area contributed by atoms with E-state index in [-0.39, 0.29) is 23.8 Å². The number of thioether (sulfide) groups is 1. The fraction of sp³-hybridized carbons (Fsp3) is 0.440. The molecule has 2 aliphatic heterocycles. The quantitative estimate of drug-likeness (QED) is 0.685. The van der Waals surface area contributed by atoms with E-state index in [1.165, 1.54) is 11.8 Å². The Hall–Kier alpha value is -2.89. The highest BCUT2D eigenvalue weighted by Crippen LogP contribution is 2.36. The van der Waals surface area contributed by atoms with E-state index in [0.717, 1.165) is 10.6 Å². The van der Waals surface area contributed by atoms with E-state index in [4.69, 9.17) is 0 Å². The van der Waals surface area contributed by atoms with Gasteiger partial charge >= 0.3 is 0 Å². The summed E-state index contributed by atoms with van der Waals surface area (Å²) >= 11 is 1.47. The molecule has 3 heterocycles. The van der Waals surface area contributed by atoms with Crippen LogP contribution in [0.2, 0.25) is 0 Å². The Morgan fingerprint density at radius 3 is 2.67 bits per heavy atom. The normalized spacial score (nSPS) is 19.8. The molecular weight excluding hydrogens is 434 g/mol. The fourth-order valence-corrected chi connectivity index (χ4v) is 5.35. The minimum atomic E-state index is -0.525. The van der Waals surface area contributed by atoms with Gasteiger partial charge in [0.05, 0.1) is 28.9 Å². The lowest BCUT2D eigenvalue weighted by Crippen LogP contribution is -2.59. The molecule has 1 atom stereocenters. The Morgan fingerprint density at radius 2 is 2.00 bits per heavy atom. The van der Waals surface area contributed by atoms with Crippen molar-refractivity contribution in [3.05, 3.63) is 59.3 Å². The van der Waals surface area contributed by atoms with Gasteiger partial charge in [0.1, 0.15) is 5.03 Å². The number of rotatable bonds is 5. The van der Waals surface area contributed by atoms with E-state index in [1.807, 2.05) is 54.2 Å². The van der Waals surface area contributed by atoms with Crippen LogP contribution in [0.15, 0.2) is 47.6 Å². The van der Waals surface area contributed by atoms with Gasteiger partial charge in [0.2, 0.25) is 5.91 Å². The number of likely N-dealkylation sites (tertiary alicyclic amines) is 1. The Labute approximate surface area is 199 Å². The van der Waals surface area contributed by atoms with Crippen LogP contribution in [-0.4, -0.2) is 57.6 Å². The average Bonchev–Trinajstić information content (AvgIpc) is 3.11. The number of hydrogen-bond donors (Lipinski definition) is 1. The molecule has 2 aliphatic rings. The second-order valence-corrected chi connectivity index (χ2v) is 9.74. The highest BCUT2D eigenvalue weighted by atomic mass is 32.2. The highest BCUT2D eigenvalue weighted by Gasteiger charge is 2.52. The van der Waals surface area contributed by atoms with E-state index in [0.29, 0.717) is 43.6 Å². The summed E-state index contributed by atoms with van der Waals surface area (Å²) in [5, 5.41) is 13.9. The van der Waals surface area contributed by atoms with Crippen molar-refractivity contribution >= 4 is 23.6 Å². The molecule has 7 nitrogen and oxygen atoms in total. The van der Waals surface area contributed by atoms with E-state index < -0.39 is 5.66 Å². The molecule has 33 heavy (non-hydrogen) atoms. The molecule has 1 aromatic carbocycles. The first-order valence-electron chi connectivity index (χ1n) is 11.3. The summed E-state index contributed by atoms with van der Waals surface area (Å²) in [5.74, 6) is 0.188. The largest absolute Gasteiger partial charge is 0.338 e. The third kappa shape index (κ3) is 4.35. The lowest BCUT2D eigenvalue weighted by molar-refractivity contribution is -0.134. The lowest BCUT2D eigenvalue weighted by Gasteiger charge is -2.45. The van der Waals surface area contributed by atoms with Crippen molar-refractivity contribution in [2.45, 2.75) is 50.0 Å². The van der Waals surface area contributed by atoms with Crippen LogP contribution < -0.4 is 5.32 Å². The van der Waals surface area contributed by atoms with Gasteiger partial charge in [0.15, 0.2) is 0 Å². The molecule has 2 amide bonds. The van der Waals surface area contributed by atoms with E-state index >= 15 is 0 Å². The molecule has 1 unspecified atom stereocenters. The second-order valence-electron chi connectivity index (χ2n) is 8.94. The average molecular weight is 464 g/mol. The zero-order chi connectivity index (χ0) is 23.6. The smallest absolute Gasteiger partial charge is 0.256 e. The predicted molar refractivity (Wildman–Crippen MR) is 127 cm³/mol. The maximum atomic E-state index is 13.4. The van der Waals surface area contributed by atoms with Gasteiger partial charge < -0.3 is 9.80 Å². The molecule has 172 valence electrons. The molecule has 0 radical (unpaired) electrons. The fourth-order valence-electron chi connectivity index (χ4n) is 4.81. The van der Waals surface area contributed by atoms with E-state index in [2.05, 4.69) is 16.4 Å². The molecule has 1 aromatic heterocycles. The maximum absolute atomic E-state index is 13.4. The van der Waals surface area contributed by atoms with E-state index in [9.17, 15) is 14.9 Å². The number of hydrogen-bond acceptors (Lipinski definition) is 6. The zero-order valence-corrected chi connectivity index (χ0v) is 20.1. The van der Waals surface area contributed by atoms with Crippen LogP contribution in [0.4, 0.5) is 0 Å². The molecule has 1 spiro atoms. The molecule has 2 saturated heterocycles. The summed E-state index contributed by atoms with van der Waals surface area (Å²) in [7, 11) is 0. The Bertz CT molecular complexity index is 1090. The number of piperidine rings is 1. The number of benzene rings is 1. The second kappa shape index (κ2) is 9.54. The van der Waals surface area contributed by atoms with Crippen LogP contribution in [-0.2, 0) is 11.3 Å². The van der Waals surface area contributed by atoms with Gasteiger partial charge in [-0.25, -0.2) is 4.98 Å². The third-order valence-electron chi connectivity index (χ3n) is 6.68. The van der Waals surface area contributed by atoms with E-state index in [1.54, 1.807) is 18.3 Å². The van der Waals surface area contributed by atoms with Crippen LogP contribution >= 0.6 is 11.8 Å². The summed E-state index contributed by atoms with van der Waals surface area (Å²) in [6.07, 6.45) is 4.89. The molecule has 4 rings (SSSR count). The molecule has 2 fully saturated rings. The first-order chi connectivity index (χ1) is 15.9. The first kappa shape index (κ1) is 23.3. The highest BCUT2D eigenvalue weighted by molar-refractivity contribution is 7.98. The molecule has 1 N–H and O–H groups in total. The van der Waals surface area contributed by atoms with Crippen molar-refractivity contribution in [3.63, 3.8) is 0 Å². The number of nitrogens with zero attached hydrogens (tertiary/aromatic N) is 4. The minimum Gasteiger partial charge on any atom is -0.338 e. The molecular formula is C25H29N5O2S. The number of amides is 2. The topological polar surface area (TPSA) is 89.3 Å². The van der Waals surface area contributed by atoms with Crippen molar-refractivity contribution in [3.8, 4) is 6.07 Å². The Kier molecular flexibility index (Phi) is 6.73. The zero-order valence-electron chi connectivity index (χ0n) is 19.2. The van der Waals surface area contributed by atoms with Gasteiger partial charge in [0, 0.05) is 38.7 Å². The number of nitrogens with one attached hydrogen (secondary N) is 1. The van der Waals surface area contributed by atoms with Gasteiger partial charge in [-0.15, -0.1) is 11.8 Å². The van der Waals surface area contributed by atoms with Crippen LogP contribution in [0.1, 0.15) is 48.2 Å². The molecule has 0 saturated carbocycles. The number of aromatic nitrogens is 1. The third-order valence-corrected chi connectivity index (χ3v) is 7.39. The first-order valence-corrected chi connectivity index (χ1v) is 12.5. The van der Waals surface area contributed by atoms with Gasteiger partial charge in [-0.2, -0.15) is 5.26 Å². The summed E-state index contributed by atoms with van der Waals surface area (Å²) < 4.78 is 0. The molecule has 8 heteroatoms. The van der Waals surface area contributed by atoms with Crippen molar-refractivity contribution in [2.75, 3.05) is 19.3 Å². The summed E-state index contributed by atoms with van der Waals surface area (Å²) in [6.45, 7) is 5.56. The summed E-state index contributed by atoms with van der Waals surface area (Å²) in [5.41, 5.74) is 1.53. The van der Waals surface area contributed by atoms with Crippen LogP contribution in [0.25, 0.3) is 0 Å². The summed E-state index contributed by atoms with van der Waals surface area (Å²) in [6, 6.07) is 13.0. The van der Waals surface area contributed by atoms with Crippen LogP contribution in [0, 0.1) is 17.2 Å². The number of carbonyl (C=O) groups excluding carboxylic acids is 2. The van der Waals surface area contributed by atoms with Gasteiger partial charge in [-0.05, 0) is 35.9 Å². The SMILES string of the molecule is CSc1ncccc1C(=O)N1CCC2(CC1)NC(C(C)C)C(=O)N2Cc1ccccc1C#N. The standard InChI is InChI=1S/C25H29N5O2S/c1-17(2)21-24(32)30(16-19-8-5-4-7-18(19)15-26)25(28-21)10-13-29(14-11-25)23(31)20-9-6-12-27-22(20)33-3/h4-9,12,17,21,28H,10-11,13-14,16H2,1-3H3. The molecule has 2 aromatic rings. The number of carbonyl (C=O) groups is 2. The Morgan fingerprint density at radius 1 is 1.27 bits per heavy atom. The maximum Gasteiger partial charge on any atom is 0.256 e. The van der Waals surface area contributed by atoms with Gasteiger partial charge in [-0.1, -0.05) is 32.0 Å².